The normalized spacial score (nSPS) is 11.2. The Kier molecular flexibility index (Phi) is 7.79. The van der Waals surface area contributed by atoms with Crippen LogP contribution in [0.5, 0.6) is 11.5 Å². The van der Waals surface area contributed by atoms with E-state index in [0.29, 0.717) is 22.5 Å². The number of anilines is 1. The first-order chi connectivity index (χ1) is 17.3. The number of nitrogens with one attached hydrogen (secondary N) is 1. The van der Waals surface area contributed by atoms with Gasteiger partial charge in [0.05, 0.1) is 18.4 Å². The Morgan fingerprint density at radius 2 is 1.69 bits per heavy atom. The minimum atomic E-state index is -4.49. The average Bonchev–Trinajstić information content (AvgIpc) is 3.29. The number of carbonyl (C=O) groups is 1. The van der Waals surface area contributed by atoms with Gasteiger partial charge in [-0.1, -0.05) is 36.0 Å². The van der Waals surface area contributed by atoms with Crippen molar-refractivity contribution >= 4 is 23.4 Å². The standard InChI is InChI=1S/C25H21F3N4O3S/c1-34-20-10-12-21(13-11-20)35-15-22-30-31-24(32(22)19-8-3-2-4-9-19)36-16-23(33)29-18-7-5-6-17(14-18)25(26,27)28/h2-14H,15-16H2,1H3,(H,29,33). The van der Waals surface area contributed by atoms with Gasteiger partial charge in [-0.25, -0.2) is 0 Å². The fourth-order valence-corrected chi connectivity index (χ4v) is 4.01. The van der Waals surface area contributed by atoms with Crippen LogP contribution in [0.4, 0.5) is 18.9 Å². The highest BCUT2D eigenvalue weighted by atomic mass is 32.2. The summed E-state index contributed by atoms with van der Waals surface area (Å²) in [6.07, 6.45) is -4.49. The number of hydrogen-bond donors (Lipinski definition) is 1. The Bertz CT molecular complexity index is 1310. The maximum atomic E-state index is 12.9. The molecular formula is C25H21F3N4O3S. The van der Waals surface area contributed by atoms with Crippen molar-refractivity contribution in [2.75, 3.05) is 18.2 Å². The molecule has 0 spiro atoms. The minimum Gasteiger partial charge on any atom is -0.497 e. The predicted octanol–water partition coefficient (Wildman–Crippen LogP) is 5.60. The van der Waals surface area contributed by atoms with Crippen LogP contribution in [-0.2, 0) is 17.6 Å². The summed E-state index contributed by atoms with van der Waals surface area (Å²) in [4.78, 5) is 12.5. The number of ether oxygens (including phenoxy) is 2. The molecule has 3 aromatic carbocycles. The molecule has 4 rings (SSSR count). The molecule has 7 nitrogen and oxygen atoms in total. The molecule has 0 fully saturated rings. The second-order valence-electron chi connectivity index (χ2n) is 7.45. The van der Waals surface area contributed by atoms with Crippen molar-refractivity contribution in [3.8, 4) is 17.2 Å². The van der Waals surface area contributed by atoms with Gasteiger partial charge in [-0.15, -0.1) is 10.2 Å². The summed E-state index contributed by atoms with van der Waals surface area (Å²) in [5.74, 6) is 1.28. The molecule has 4 aromatic rings. The Morgan fingerprint density at radius 3 is 2.39 bits per heavy atom. The maximum Gasteiger partial charge on any atom is 0.416 e. The van der Waals surface area contributed by atoms with Crippen molar-refractivity contribution in [2.24, 2.45) is 0 Å². The van der Waals surface area contributed by atoms with E-state index in [1.807, 2.05) is 30.3 Å². The number of halogens is 3. The maximum absolute atomic E-state index is 12.9. The van der Waals surface area contributed by atoms with Gasteiger partial charge >= 0.3 is 6.18 Å². The first-order valence-corrected chi connectivity index (χ1v) is 11.7. The molecule has 1 amide bonds. The number of methoxy groups -OCH3 is 1. The second-order valence-corrected chi connectivity index (χ2v) is 8.39. The van der Waals surface area contributed by atoms with Crippen LogP contribution in [0.15, 0.2) is 84.0 Å². The minimum absolute atomic E-state index is 0.0635. The number of para-hydroxylation sites is 1. The molecule has 0 aliphatic carbocycles. The van der Waals surface area contributed by atoms with Gasteiger partial charge in [-0.2, -0.15) is 13.2 Å². The summed E-state index contributed by atoms with van der Waals surface area (Å²) in [5.41, 5.74) is 0.00317. The van der Waals surface area contributed by atoms with Crippen molar-refractivity contribution in [1.29, 1.82) is 0 Å². The Hall–Kier alpha value is -3.99. The summed E-state index contributed by atoms with van der Waals surface area (Å²) < 4.78 is 51.6. The number of rotatable bonds is 9. The van der Waals surface area contributed by atoms with E-state index >= 15 is 0 Å². The second kappa shape index (κ2) is 11.2. The number of alkyl halides is 3. The molecule has 0 saturated heterocycles. The highest BCUT2D eigenvalue weighted by Gasteiger charge is 2.30. The van der Waals surface area contributed by atoms with Gasteiger partial charge < -0.3 is 14.8 Å². The molecule has 0 unspecified atom stereocenters. The highest BCUT2D eigenvalue weighted by molar-refractivity contribution is 7.99. The number of carbonyl (C=O) groups excluding carboxylic acids is 1. The number of thioether (sulfide) groups is 1. The molecule has 0 aliphatic heterocycles. The number of benzene rings is 3. The molecule has 1 aromatic heterocycles. The zero-order chi connectivity index (χ0) is 25.5. The van der Waals surface area contributed by atoms with Crippen LogP contribution in [0, 0.1) is 0 Å². The van der Waals surface area contributed by atoms with Crippen LogP contribution in [0.1, 0.15) is 11.4 Å². The third-order valence-electron chi connectivity index (χ3n) is 4.95. The molecular weight excluding hydrogens is 493 g/mol. The molecule has 1 N–H and O–H groups in total. The number of hydrogen-bond acceptors (Lipinski definition) is 6. The smallest absolute Gasteiger partial charge is 0.416 e. The van der Waals surface area contributed by atoms with Crippen LogP contribution >= 0.6 is 11.8 Å². The summed E-state index contributed by atoms with van der Waals surface area (Å²) in [6, 6.07) is 20.9. The van der Waals surface area contributed by atoms with Gasteiger partial charge in [0.25, 0.3) is 0 Å². The third kappa shape index (κ3) is 6.36. The lowest BCUT2D eigenvalue weighted by Crippen LogP contribution is -2.15. The molecule has 11 heteroatoms. The van der Waals surface area contributed by atoms with E-state index in [2.05, 4.69) is 15.5 Å². The van der Waals surface area contributed by atoms with Gasteiger partial charge in [0.1, 0.15) is 18.1 Å². The molecule has 1 heterocycles. The molecule has 0 atom stereocenters. The van der Waals surface area contributed by atoms with E-state index in [-0.39, 0.29) is 18.0 Å². The monoisotopic (exact) mass is 514 g/mol. The SMILES string of the molecule is COc1ccc(OCc2nnc(SCC(=O)Nc3cccc(C(F)(F)F)c3)n2-c2ccccc2)cc1. The first-order valence-electron chi connectivity index (χ1n) is 10.7. The molecule has 0 saturated carbocycles. The fourth-order valence-electron chi connectivity index (χ4n) is 3.24. The van der Waals surface area contributed by atoms with Crippen LogP contribution < -0.4 is 14.8 Å². The third-order valence-corrected chi connectivity index (χ3v) is 5.88. The van der Waals surface area contributed by atoms with Gasteiger partial charge in [0.2, 0.25) is 5.91 Å². The van der Waals surface area contributed by atoms with Crippen LogP contribution in [0.25, 0.3) is 5.69 Å². The quantitative estimate of drug-likeness (QED) is 0.293. The van der Waals surface area contributed by atoms with Crippen molar-refractivity contribution in [3.63, 3.8) is 0 Å². The summed E-state index contributed by atoms with van der Waals surface area (Å²) in [7, 11) is 1.58. The topological polar surface area (TPSA) is 78.3 Å². The molecule has 0 radical (unpaired) electrons. The Balaban J connectivity index is 1.46. The number of nitrogens with zero attached hydrogens (tertiary/aromatic N) is 3. The van der Waals surface area contributed by atoms with Gasteiger partial charge in [0, 0.05) is 11.4 Å². The summed E-state index contributed by atoms with van der Waals surface area (Å²) in [6.45, 7) is 0.116. The molecule has 36 heavy (non-hydrogen) atoms. The van der Waals surface area contributed by atoms with E-state index < -0.39 is 17.6 Å². The van der Waals surface area contributed by atoms with Crippen molar-refractivity contribution in [2.45, 2.75) is 17.9 Å². The number of amides is 1. The summed E-state index contributed by atoms with van der Waals surface area (Å²) >= 11 is 1.11. The summed E-state index contributed by atoms with van der Waals surface area (Å²) in [5, 5.41) is 11.4. The van der Waals surface area contributed by atoms with E-state index in [1.54, 1.807) is 35.9 Å². The van der Waals surface area contributed by atoms with Crippen LogP contribution in [-0.4, -0.2) is 33.5 Å². The van der Waals surface area contributed by atoms with Crippen LogP contribution in [0.2, 0.25) is 0 Å². The Morgan fingerprint density at radius 1 is 0.972 bits per heavy atom. The Labute approximate surface area is 209 Å². The van der Waals surface area contributed by atoms with Crippen molar-refractivity contribution in [1.82, 2.24) is 14.8 Å². The average molecular weight is 515 g/mol. The molecule has 0 bridgehead atoms. The van der Waals surface area contributed by atoms with Gasteiger partial charge in [0.15, 0.2) is 11.0 Å². The van der Waals surface area contributed by atoms with E-state index in [9.17, 15) is 18.0 Å². The van der Waals surface area contributed by atoms with Crippen molar-refractivity contribution in [3.05, 3.63) is 90.3 Å². The lowest BCUT2D eigenvalue weighted by molar-refractivity contribution is -0.137. The highest BCUT2D eigenvalue weighted by Crippen LogP contribution is 2.31. The number of aromatic nitrogens is 3. The predicted molar refractivity (Wildman–Crippen MR) is 129 cm³/mol. The molecule has 0 aliphatic rings. The van der Waals surface area contributed by atoms with E-state index in [1.165, 1.54) is 12.1 Å². The van der Waals surface area contributed by atoms with Crippen molar-refractivity contribution < 1.29 is 27.4 Å². The van der Waals surface area contributed by atoms with Gasteiger partial charge in [-0.05, 0) is 54.6 Å². The van der Waals surface area contributed by atoms with Crippen LogP contribution in [0.3, 0.4) is 0 Å². The largest absolute Gasteiger partial charge is 0.497 e. The van der Waals surface area contributed by atoms with E-state index in [0.717, 1.165) is 29.6 Å². The van der Waals surface area contributed by atoms with E-state index in [4.69, 9.17) is 9.47 Å². The first kappa shape index (κ1) is 25.1. The lowest BCUT2D eigenvalue weighted by Gasteiger charge is -2.12. The van der Waals surface area contributed by atoms with Gasteiger partial charge in [-0.3, -0.25) is 9.36 Å². The molecule has 186 valence electrons. The zero-order valence-corrected chi connectivity index (χ0v) is 19.8. The zero-order valence-electron chi connectivity index (χ0n) is 19.0. The lowest BCUT2D eigenvalue weighted by atomic mass is 10.2. The fraction of sp³-hybridized carbons (Fsp3) is 0.160.